The van der Waals surface area contributed by atoms with Crippen LogP contribution < -0.4 is 5.32 Å². The van der Waals surface area contributed by atoms with Crippen molar-refractivity contribution in [2.75, 3.05) is 25.5 Å². The minimum atomic E-state index is -0.223. The summed E-state index contributed by atoms with van der Waals surface area (Å²) in [5.41, 5.74) is 5.43. The van der Waals surface area contributed by atoms with Crippen molar-refractivity contribution >= 4 is 17.2 Å². The molecule has 2 aliphatic rings. The van der Waals surface area contributed by atoms with E-state index in [9.17, 15) is 4.79 Å². The molecule has 2 aromatic rings. The Hall–Kier alpha value is -2.40. The number of anilines is 1. The van der Waals surface area contributed by atoms with Crippen LogP contribution in [0.2, 0.25) is 0 Å². The van der Waals surface area contributed by atoms with Crippen LogP contribution in [0.1, 0.15) is 85.7 Å². The maximum absolute atomic E-state index is 12.8. The molecule has 0 bridgehead atoms. The van der Waals surface area contributed by atoms with Gasteiger partial charge < -0.3 is 14.7 Å². The third kappa shape index (κ3) is 5.27. The first kappa shape index (κ1) is 21.8. The van der Waals surface area contributed by atoms with Gasteiger partial charge >= 0.3 is 0 Å². The first-order valence-corrected chi connectivity index (χ1v) is 11.6. The minimum Gasteiger partial charge on any atom is -0.361 e. The Kier molecular flexibility index (Phi) is 6.33. The molecule has 5 nitrogen and oxygen atoms in total. The van der Waals surface area contributed by atoms with Crippen LogP contribution in [0, 0.1) is 12.3 Å². The Morgan fingerprint density at radius 2 is 2.06 bits per heavy atom. The highest BCUT2D eigenvalue weighted by molar-refractivity contribution is 6.04. The number of nitrogens with one attached hydrogen (secondary N) is 1. The van der Waals surface area contributed by atoms with Crippen molar-refractivity contribution in [2.24, 2.45) is 5.41 Å². The summed E-state index contributed by atoms with van der Waals surface area (Å²) in [5, 5.41) is 6.97. The normalized spacial score (nSPS) is 21.9. The molecular weight excluding hydrogens is 386 g/mol. The molecule has 1 aliphatic heterocycles. The average molecular weight is 422 g/mol. The molecule has 166 valence electrons. The largest absolute Gasteiger partial charge is 0.361 e. The Morgan fingerprint density at radius 3 is 2.77 bits per heavy atom. The van der Waals surface area contributed by atoms with Gasteiger partial charge in [0.05, 0.1) is 0 Å². The number of hydrogen-bond donors (Lipinski definition) is 1. The molecule has 0 spiro atoms. The molecule has 4 rings (SSSR count). The molecule has 2 heterocycles. The lowest BCUT2D eigenvalue weighted by molar-refractivity contribution is 0.101. The van der Waals surface area contributed by atoms with E-state index in [0.29, 0.717) is 22.8 Å². The molecular formula is C26H35N3O2. The van der Waals surface area contributed by atoms with Gasteiger partial charge in [-0.2, -0.15) is 0 Å². The van der Waals surface area contributed by atoms with Gasteiger partial charge in [0.15, 0.2) is 5.69 Å². The molecule has 1 amide bonds. The van der Waals surface area contributed by atoms with Crippen LogP contribution in [0.3, 0.4) is 0 Å². The molecule has 1 unspecified atom stereocenters. The summed E-state index contributed by atoms with van der Waals surface area (Å²) < 4.78 is 5.09. The van der Waals surface area contributed by atoms with Crippen molar-refractivity contribution in [1.29, 1.82) is 0 Å². The van der Waals surface area contributed by atoms with E-state index in [1.807, 2.05) is 0 Å². The van der Waals surface area contributed by atoms with E-state index >= 15 is 0 Å². The maximum atomic E-state index is 12.8. The van der Waals surface area contributed by atoms with Crippen molar-refractivity contribution in [3.63, 3.8) is 0 Å². The third-order valence-electron chi connectivity index (χ3n) is 6.89. The molecule has 1 aromatic carbocycles. The Bertz CT molecular complexity index is 973. The predicted octanol–water partition coefficient (Wildman–Crippen LogP) is 6.03. The van der Waals surface area contributed by atoms with Gasteiger partial charge in [-0.25, -0.2) is 0 Å². The van der Waals surface area contributed by atoms with Crippen LogP contribution in [0.25, 0.3) is 5.57 Å². The average Bonchev–Trinajstić information content (AvgIpc) is 3.06. The highest BCUT2D eigenvalue weighted by Gasteiger charge is 2.25. The van der Waals surface area contributed by atoms with Gasteiger partial charge in [0.1, 0.15) is 5.76 Å². The molecule has 0 radical (unpaired) electrons. The van der Waals surface area contributed by atoms with Gasteiger partial charge in [0.2, 0.25) is 0 Å². The number of rotatable bonds is 4. The van der Waals surface area contributed by atoms with Crippen LogP contribution in [0.5, 0.6) is 0 Å². The summed E-state index contributed by atoms with van der Waals surface area (Å²) in [6.45, 7) is 8.77. The van der Waals surface area contributed by atoms with Crippen molar-refractivity contribution in [3.8, 4) is 0 Å². The summed E-state index contributed by atoms with van der Waals surface area (Å²) in [6.07, 6.45) is 9.28. The number of hydrogen-bond acceptors (Lipinski definition) is 4. The number of likely N-dealkylation sites (tertiary alicyclic amines) is 1. The van der Waals surface area contributed by atoms with Crippen molar-refractivity contribution in [3.05, 3.63) is 52.9 Å². The minimum absolute atomic E-state index is 0.223. The SMILES string of the molecule is Cc1cc(C(=O)Nc2ccc(C3CCCN(C)CC3)cc2C2=CCC(C)(C)CC2)no1. The first-order chi connectivity index (χ1) is 14.8. The monoisotopic (exact) mass is 421 g/mol. The number of aromatic nitrogens is 1. The molecule has 1 fully saturated rings. The van der Waals surface area contributed by atoms with Crippen LogP contribution in [-0.2, 0) is 0 Å². The van der Waals surface area contributed by atoms with E-state index in [2.05, 4.69) is 60.5 Å². The molecule has 1 atom stereocenters. The second kappa shape index (κ2) is 8.99. The third-order valence-corrected chi connectivity index (χ3v) is 6.89. The van der Waals surface area contributed by atoms with E-state index in [4.69, 9.17) is 4.52 Å². The fraction of sp³-hybridized carbons (Fsp3) is 0.538. The van der Waals surface area contributed by atoms with Crippen LogP contribution in [0.4, 0.5) is 5.69 Å². The van der Waals surface area contributed by atoms with E-state index in [-0.39, 0.29) is 5.91 Å². The van der Waals surface area contributed by atoms with Gasteiger partial charge in [-0.1, -0.05) is 31.1 Å². The van der Waals surface area contributed by atoms with Gasteiger partial charge in [0, 0.05) is 17.3 Å². The summed E-state index contributed by atoms with van der Waals surface area (Å²) in [5.74, 6) is 0.988. The molecule has 1 aliphatic carbocycles. The lowest BCUT2D eigenvalue weighted by atomic mass is 9.76. The van der Waals surface area contributed by atoms with E-state index in [0.717, 1.165) is 31.5 Å². The lowest BCUT2D eigenvalue weighted by Gasteiger charge is -2.30. The molecule has 1 saturated heterocycles. The topological polar surface area (TPSA) is 58.4 Å². The van der Waals surface area contributed by atoms with Crippen molar-refractivity contribution < 1.29 is 9.32 Å². The van der Waals surface area contributed by atoms with Crippen LogP contribution in [0.15, 0.2) is 34.9 Å². The van der Waals surface area contributed by atoms with Gasteiger partial charge in [-0.15, -0.1) is 0 Å². The zero-order valence-corrected chi connectivity index (χ0v) is 19.3. The number of carbonyl (C=O) groups excluding carboxylic acids is 1. The van der Waals surface area contributed by atoms with Gasteiger partial charge in [-0.3, -0.25) is 4.79 Å². The maximum Gasteiger partial charge on any atom is 0.277 e. The van der Waals surface area contributed by atoms with Crippen LogP contribution in [-0.4, -0.2) is 36.1 Å². The highest BCUT2D eigenvalue weighted by atomic mass is 16.5. The summed E-state index contributed by atoms with van der Waals surface area (Å²) in [4.78, 5) is 15.2. The number of carbonyl (C=O) groups is 1. The zero-order valence-electron chi connectivity index (χ0n) is 19.3. The standard InChI is InChI=1S/C26H35N3O2/c1-18-16-24(28-31-18)25(30)27-23-8-7-21(19-6-5-14-29(4)15-11-19)17-22(23)20-9-12-26(2,3)13-10-20/h7-9,16-17,19H,5-6,10-15H2,1-4H3,(H,27,30). The Labute approximate surface area is 185 Å². The number of allylic oxidation sites excluding steroid dienone is 2. The molecule has 1 N–H and O–H groups in total. The second-order valence-electron chi connectivity index (χ2n) is 10.1. The number of aryl methyl sites for hydroxylation is 1. The quantitative estimate of drug-likeness (QED) is 0.655. The van der Waals surface area contributed by atoms with E-state index in [1.165, 1.54) is 42.5 Å². The van der Waals surface area contributed by atoms with Crippen molar-refractivity contribution in [2.45, 2.75) is 65.2 Å². The highest BCUT2D eigenvalue weighted by Crippen LogP contribution is 2.41. The summed E-state index contributed by atoms with van der Waals surface area (Å²) in [7, 11) is 2.21. The smallest absolute Gasteiger partial charge is 0.277 e. The van der Waals surface area contributed by atoms with Gasteiger partial charge in [0.25, 0.3) is 5.91 Å². The molecule has 31 heavy (non-hydrogen) atoms. The number of benzene rings is 1. The summed E-state index contributed by atoms with van der Waals surface area (Å²) in [6, 6.07) is 8.30. The van der Waals surface area contributed by atoms with E-state index < -0.39 is 0 Å². The fourth-order valence-corrected chi connectivity index (χ4v) is 4.74. The van der Waals surface area contributed by atoms with Gasteiger partial charge in [-0.05, 0) is 100 Å². The number of nitrogens with zero attached hydrogens (tertiary/aromatic N) is 2. The number of amides is 1. The van der Waals surface area contributed by atoms with Crippen molar-refractivity contribution in [1.82, 2.24) is 10.1 Å². The lowest BCUT2D eigenvalue weighted by Crippen LogP contribution is -2.18. The molecule has 1 aromatic heterocycles. The first-order valence-electron chi connectivity index (χ1n) is 11.6. The van der Waals surface area contributed by atoms with E-state index in [1.54, 1.807) is 13.0 Å². The Morgan fingerprint density at radius 1 is 1.23 bits per heavy atom. The zero-order chi connectivity index (χ0) is 22.0. The molecule has 0 saturated carbocycles. The second-order valence-corrected chi connectivity index (χ2v) is 10.1. The molecule has 5 heteroatoms. The van der Waals surface area contributed by atoms with Crippen LogP contribution >= 0.6 is 0 Å². The fourth-order valence-electron chi connectivity index (χ4n) is 4.74. The Balaban J connectivity index is 1.65. The predicted molar refractivity (Wildman–Crippen MR) is 125 cm³/mol. The summed E-state index contributed by atoms with van der Waals surface area (Å²) >= 11 is 0.